The van der Waals surface area contributed by atoms with Gasteiger partial charge in [0.05, 0.1) is 30.4 Å². The number of morpholine rings is 1. The van der Waals surface area contributed by atoms with E-state index in [1.54, 1.807) is 0 Å². The fourth-order valence-corrected chi connectivity index (χ4v) is 3.65. The summed E-state index contributed by atoms with van der Waals surface area (Å²) in [5.41, 5.74) is 1.72. The zero-order chi connectivity index (χ0) is 18.7. The van der Waals surface area contributed by atoms with Gasteiger partial charge < -0.3 is 14.4 Å². The molecule has 3 rings (SSSR count). The van der Waals surface area contributed by atoms with Crippen LogP contribution in [0.1, 0.15) is 37.0 Å². The van der Waals surface area contributed by atoms with E-state index in [1.807, 2.05) is 62.2 Å². The second-order valence-electron chi connectivity index (χ2n) is 7.45. The molecule has 5 nitrogen and oxygen atoms in total. The van der Waals surface area contributed by atoms with Gasteiger partial charge in [0, 0.05) is 11.9 Å². The van der Waals surface area contributed by atoms with Crippen LogP contribution < -0.4 is 4.74 Å². The molecule has 1 aromatic heterocycles. The van der Waals surface area contributed by atoms with Crippen LogP contribution in [0.15, 0.2) is 29.6 Å². The second kappa shape index (κ2) is 7.76. The summed E-state index contributed by atoms with van der Waals surface area (Å²) in [5.74, 6) is 0.925. The Bertz CT molecular complexity index is 755. The molecule has 26 heavy (non-hydrogen) atoms. The van der Waals surface area contributed by atoms with Crippen molar-refractivity contribution in [2.45, 2.75) is 52.4 Å². The molecule has 1 amide bonds. The largest absolute Gasteiger partial charge is 0.486 e. The van der Waals surface area contributed by atoms with E-state index in [2.05, 4.69) is 4.98 Å². The molecule has 1 fully saturated rings. The summed E-state index contributed by atoms with van der Waals surface area (Å²) in [6, 6.07) is 7.95. The van der Waals surface area contributed by atoms with E-state index in [9.17, 15) is 4.79 Å². The van der Waals surface area contributed by atoms with E-state index in [1.165, 1.54) is 16.9 Å². The number of amides is 1. The predicted octanol–water partition coefficient (Wildman–Crippen LogP) is 3.60. The first-order chi connectivity index (χ1) is 12.3. The Morgan fingerprint density at radius 1 is 1.38 bits per heavy atom. The van der Waals surface area contributed by atoms with Crippen molar-refractivity contribution in [3.05, 3.63) is 45.9 Å². The number of hydrogen-bond acceptors (Lipinski definition) is 5. The minimum Gasteiger partial charge on any atom is -0.486 e. The molecule has 1 aliphatic rings. The van der Waals surface area contributed by atoms with Gasteiger partial charge in [0.2, 0.25) is 5.91 Å². The molecular formula is C20H26N2O3S. The highest BCUT2D eigenvalue weighted by Gasteiger charge is 2.36. The second-order valence-corrected chi connectivity index (χ2v) is 8.39. The summed E-state index contributed by atoms with van der Waals surface area (Å²) in [6.45, 7) is 9.73. The number of nitrogens with zero attached hydrogens (tertiary/aromatic N) is 2. The highest BCUT2D eigenvalue weighted by atomic mass is 32.1. The van der Waals surface area contributed by atoms with Gasteiger partial charge in [-0.25, -0.2) is 4.98 Å². The number of rotatable bonds is 5. The molecule has 1 atom stereocenters. The standard InChI is InChI=1S/C20H26N2O3S/c1-14-5-7-17(8-6-14)24-11-18-21-16(12-26-18)9-19(23)22-10-15(2)25-13-20(22,3)4/h5-8,12,15H,9-11,13H2,1-4H3. The third kappa shape index (κ3) is 4.62. The van der Waals surface area contributed by atoms with Crippen LogP contribution in [0, 0.1) is 6.92 Å². The normalized spacial score (nSPS) is 19.4. The molecule has 2 heterocycles. The third-order valence-electron chi connectivity index (χ3n) is 4.51. The van der Waals surface area contributed by atoms with E-state index in [4.69, 9.17) is 9.47 Å². The van der Waals surface area contributed by atoms with Crippen LogP contribution in [0.5, 0.6) is 5.75 Å². The number of benzene rings is 1. The van der Waals surface area contributed by atoms with Crippen molar-refractivity contribution in [1.29, 1.82) is 0 Å². The molecular weight excluding hydrogens is 348 g/mol. The van der Waals surface area contributed by atoms with Crippen molar-refractivity contribution in [2.24, 2.45) is 0 Å². The highest BCUT2D eigenvalue weighted by Crippen LogP contribution is 2.23. The molecule has 1 aliphatic heterocycles. The van der Waals surface area contributed by atoms with Crippen LogP contribution in [-0.4, -0.2) is 40.6 Å². The summed E-state index contributed by atoms with van der Waals surface area (Å²) < 4.78 is 11.5. The molecule has 0 spiro atoms. The van der Waals surface area contributed by atoms with Crippen molar-refractivity contribution in [3.63, 3.8) is 0 Å². The average molecular weight is 375 g/mol. The lowest BCUT2D eigenvalue weighted by atomic mass is 10.00. The van der Waals surface area contributed by atoms with Crippen molar-refractivity contribution < 1.29 is 14.3 Å². The average Bonchev–Trinajstić information content (AvgIpc) is 3.04. The number of aromatic nitrogens is 1. The summed E-state index contributed by atoms with van der Waals surface area (Å²) in [6.07, 6.45) is 0.387. The first-order valence-corrected chi connectivity index (χ1v) is 9.76. The maximum atomic E-state index is 12.8. The van der Waals surface area contributed by atoms with E-state index >= 15 is 0 Å². The molecule has 6 heteroatoms. The number of carbonyl (C=O) groups is 1. The van der Waals surface area contributed by atoms with E-state index in [0.717, 1.165) is 16.5 Å². The molecule has 0 saturated carbocycles. The smallest absolute Gasteiger partial charge is 0.229 e. The zero-order valence-corrected chi connectivity index (χ0v) is 16.6. The summed E-state index contributed by atoms with van der Waals surface area (Å²) >= 11 is 1.53. The molecule has 0 aliphatic carbocycles. The predicted molar refractivity (Wildman–Crippen MR) is 103 cm³/mol. The Hall–Kier alpha value is -1.92. The summed E-state index contributed by atoms with van der Waals surface area (Å²) in [4.78, 5) is 19.2. The lowest BCUT2D eigenvalue weighted by Gasteiger charge is -2.44. The van der Waals surface area contributed by atoms with Crippen molar-refractivity contribution in [3.8, 4) is 5.75 Å². The van der Waals surface area contributed by atoms with E-state index < -0.39 is 0 Å². The van der Waals surface area contributed by atoms with Crippen molar-refractivity contribution in [2.75, 3.05) is 13.2 Å². The first kappa shape index (κ1) is 18.9. The van der Waals surface area contributed by atoms with Gasteiger partial charge in [-0.05, 0) is 39.8 Å². The zero-order valence-electron chi connectivity index (χ0n) is 15.8. The fourth-order valence-electron chi connectivity index (χ4n) is 2.95. The van der Waals surface area contributed by atoms with Gasteiger partial charge in [0.15, 0.2) is 0 Å². The van der Waals surface area contributed by atoms with Crippen LogP contribution in [0.2, 0.25) is 0 Å². The number of carbonyl (C=O) groups excluding carboxylic acids is 1. The third-order valence-corrected chi connectivity index (χ3v) is 5.38. The Balaban J connectivity index is 1.57. The molecule has 140 valence electrons. The maximum Gasteiger partial charge on any atom is 0.229 e. The van der Waals surface area contributed by atoms with Gasteiger partial charge >= 0.3 is 0 Å². The number of aryl methyl sites for hydroxylation is 1. The molecule has 0 bridgehead atoms. The van der Waals surface area contributed by atoms with Gasteiger partial charge in [-0.15, -0.1) is 11.3 Å². The van der Waals surface area contributed by atoms with Crippen LogP contribution in [0.25, 0.3) is 0 Å². The number of ether oxygens (including phenoxy) is 2. The van der Waals surface area contributed by atoms with Gasteiger partial charge in [-0.1, -0.05) is 17.7 Å². The molecule has 1 unspecified atom stereocenters. The Kier molecular flexibility index (Phi) is 5.63. The quantitative estimate of drug-likeness (QED) is 0.802. The summed E-state index contributed by atoms with van der Waals surface area (Å²) in [7, 11) is 0. The van der Waals surface area contributed by atoms with Gasteiger partial charge in [0.1, 0.15) is 17.4 Å². The van der Waals surface area contributed by atoms with Crippen LogP contribution in [0.4, 0.5) is 0 Å². The van der Waals surface area contributed by atoms with E-state index in [0.29, 0.717) is 26.2 Å². The monoisotopic (exact) mass is 374 g/mol. The minimum atomic E-state index is -0.281. The SMILES string of the molecule is Cc1ccc(OCc2nc(CC(=O)N3CC(C)OCC3(C)C)cs2)cc1. The van der Waals surface area contributed by atoms with Crippen LogP contribution in [0.3, 0.4) is 0 Å². The van der Waals surface area contributed by atoms with Gasteiger partial charge in [-0.2, -0.15) is 0 Å². The topological polar surface area (TPSA) is 51.7 Å². The first-order valence-electron chi connectivity index (χ1n) is 8.88. The maximum absolute atomic E-state index is 12.8. The summed E-state index contributed by atoms with van der Waals surface area (Å²) in [5, 5.41) is 2.82. The van der Waals surface area contributed by atoms with E-state index in [-0.39, 0.29) is 17.6 Å². The number of thiazole rings is 1. The lowest BCUT2D eigenvalue weighted by Crippen LogP contribution is -2.58. The lowest BCUT2D eigenvalue weighted by molar-refractivity contribution is -0.152. The van der Waals surface area contributed by atoms with Crippen LogP contribution >= 0.6 is 11.3 Å². The Morgan fingerprint density at radius 3 is 2.85 bits per heavy atom. The van der Waals surface area contributed by atoms with Gasteiger partial charge in [-0.3, -0.25) is 4.79 Å². The molecule has 2 aromatic rings. The Labute approximate surface area is 159 Å². The molecule has 1 saturated heterocycles. The van der Waals surface area contributed by atoms with Gasteiger partial charge in [0.25, 0.3) is 0 Å². The van der Waals surface area contributed by atoms with Crippen LogP contribution in [-0.2, 0) is 22.6 Å². The molecule has 0 radical (unpaired) electrons. The highest BCUT2D eigenvalue weighted by molar-refractivity contribution is 7.09. The molecule has 1 aromatic carbocycles. The Morgan fingerprint density at radius 2 is 2.12 bits per heavy atom. The number of hydrogen-bond donors (Lipinski definition) is 0. The minimum absolute atomic E-state index is 0.0703. The van der Waals surface area contributed by atoms with Crippen molar-refractivity contribution >= 4 is 17.2 Å². The molecule has 0 N–H and O–H groups in total. The fraction of sp³-hybridized carbons (Fsp3) is 0.500. The van der Waals surface area contributed by atoms with Crippen molar-refractivity contribution in [1.82, 2.24) is 9.88 Å².